The number of imide groups is 2. The lowest BCUT2D eigenvalue weighted by atomic mass is 9.96. The minimum Gasteiger partial charge on any atom is -0.364 e. The van der Waals surface area contributed by atoms with Crippen LogP contribution in [-0.4, -0.2) is 130 Å². The molecule has 4 aromatic rings. The molecule has 7 aliphatic rings. The van der Waals surface area contributed by atoms with Crippen LogP contribution in [0.25, 0.3) is 33.0 Å². The van der Waals surface area contributed by atoms with Crippen LogP contribution in [0.4, 0.5) is 0 Å². The number of aryl methyl sites for hydroxylation is 2. The van der Waals surface area contributed by atoms with Crippen LogP contribution in [-0.2, 0) is 32.0 Å². The van der Waals surface area contributed by atoms with Crippen molar-refractivity contribution in [3.63, 3.8) is 0 Å². The summed E-state index contributed by atoms with van der Waals surface area (Å²) in [4.78, 5) is 69.4. The van der Waals surface area contributed by atoms with Gasteiger partial charge in [-0.25, -0.2) is 10.0 Å². The number of aromatic amines is 2. The molecule has 2 aromatic carbocycles. The lowest BCUT2D eigenvalue weighted by molar-refractivity contribution is -0.138. The van der Waals surface area contributed by atoms with E-state index >= 15 is 0 Å². The number of piperazine rings is 2. The summed E-state index contributed by atoms with van der Waals surface area (Å²) in [7, 11) is 3.18. The smallest absolute Gasteiger partial charge is 0.277 e. The molecule has 0 aliphatic carbocycles. The predicted octanol–water partition coefficient (Wildman–Crippen LogP) is 3.19. The Bertz CT molecular complexity index is 2040. The highest BCUT2D eigenvalue weighted by Crippen LogP contribution is 2.40. The van der Waals surface area contributed by atoms with Crippen LogP contribution in [0, 0.1) is 0 Å². The SMILES string of the molecule is CN1C(=O)C2=C(C1=O)N1CCN(CC1)N1CCN(CC1)C1=C(C(=O)N(C)C1=O)c1c([nH]c3ccccc13)CCCCCc1[nH]c3ccccc3c12. The van der Waals surface area contributed by atoms with E-state index in [0.29, 0.717) is 74.9 Å². The number of fused-ring (bicyclic) bond motifs is 4. The highest BCUT2D eigenvalue weighted by Gasteiger charge is 2.44. The van der Waals surface area contributed by atoms with Gasteiger partial charge < -0.3 is 19.8 Å². The quantitative estimate of drug-likeness (QED) is 0.271. The average molecular weight is 687 g/mol. The molecule has 2 N–H and O–H groups in total. The number of carbonyl (C=O) groups is 4. The molecule has 4 amide bonds. The highest BCUT2D eigenvalue weighted by molar-refractivity contribution is 6.38. The van der Waals surface area contributed by atoms with Crippen LogP contribution in [0.3, 0.4) is 0 Å². The minimum absolute atomic E-state index is 0.245. The topological polar surface area (TPSA) is 119 Å². The Morgan fingerprint density at radius 3 is 1.29 bits per heavy atom. The Balaban J connectivity index is 1.13. The van der Waals surface area contributed by atoms with E-state index in [1.165, 1.54) is 9.80 Å². The molecule has 11 rings (SSSR count). The van der Waals surface area contributed by atoms with Gasteiger partial charge in [0, 0.05) is 111 Å². The third kappa shape index (κ3) is 4.95. The van der Waals surface area contributed by atoms with Crippen molar-refractivity contribution in [2.45, 2.75) is 32.1 Å². The maximum atomic E-state index is 13.9. The third-order valence-corrected chi connectivity index (χ3v) is 11.5. The molecule has 51 heavy (non-hydrogen) atoms. The van der Waals surface area contributed by atoms with Crippen molar-refractivity contribution in [3.8, 4) is 0 Å². The minimum atomic E-state index is -0.250. The maximum absolute atomic E-state index is 13.9. The van der Waals surface area contributed by atoms with Crippen LogP contribution in [0.2, 0.25) is 0 Å². The van der Waals surface area contributed by atoms with Crippen LogP contribution < -0.4 is 0 Å². The number of H-pyrrole nitrogens is 2. The van der Waals surface area contributed by atoms with Gasteiger partial charge in [0.25, 0.3) is 23.6 Å². The summed E-state index contributed by atoms with van der Waals surface area (Å²) < 4.78 is 0. The number of hydrogen-bond donors (Lipinski definition) is 2. The number of benzene rings is 2. The normalized spacial score (nSPS) is 23.5. The number of hydrazine groups is 1. The van der Waals surface area contributed by atoms with Crippen LogP contribution >= 0.6 is 0 Å². The van der Waals surface area contributed by atoms with Crippen molar-refractivity contribution in [2.75, 3.05) is 66.5 Å². The van der Waals surface area contributed by atoms with Gasteiger partial charge in [-0.1, -0.05) is 42.8 Å². The fourth-order valence-corrected chi connectivity index (χ4v) is 8.82. The number of nitrogens with zero attached hydrogens (tertiary/aromatic N) is 6. The lowest BCUT2D eigenvalue weighted by Gasteiger charge is -2.45. The number of likely N-dealkylation sites (N-methyl/N-ethyl adjacent to an activating group) is 2. The van der Waals surface area contributed by atoms with E-state index in [0.717, 1.165) is 76.4 Å². The van der Waals surface area contributed by atoms with E-state index in [2.05, 4.69) is 29.8 Å². The third-order valence-electron chi connectivity index (χ3n) is 11.5. The second kappa shape index (κ2) is 12.2. The number of rotatable bonds is 0. The van der Waals surface area contributed by atoms with Gasteiger partial charge in [-0.3, -0.25) is 29.0 Å². The van der Waals surface area contributed by atoms with E-state index in [9.17, 15) is 19.2 Å². The standard InChI is InChI=1S/C39H42N8O4/c1-42-36(48)32-30-24-10-6-8-12-26(24)40-28(30)14-4-3-5-15-29-31(25-11-7-9-13-27(25)41-29)33-35(39(51)43(2)37(33)49)45-18-22-47(23-19-45)46-20-16-44(17-21-46)34(32)38(42)50/h6-13,40-41H,3-5,14-23H2,1-2H3. The molecule has 4 bridgehead atoms. The summed E-state index contributed by atoms with van der Waals surface area (Å²) >= 11 is 0. The van der Waals surface area contributed by atoms with Gasteiger partial charge in [0.15, 0.2) is 0 Å². The van der Waals surface area contributed by atoms with Crippen molar-refractivity contribution >= 4 is 56.6 Å². The molecular weight excluding hydrogens is 644 g/mol. The molecule has 0 spiro atoms. The largest absolute Gasteiger partial charge is 0.364 e. The first kappa shape index (κ1) is 31.8. The molecule has 262 valence electrons. The second-order valence-electron chi connectivity index (χ2n) is 14.3. The lowest BCUT2D eigenvalue weighted by Crippen LogP contribution is -2.59. The van der Waals surface area contributed by atoms with Crippen molar-refractivity contribution in [3.05, 3.63) is 82.4 Å². The number of aromatic nitrogens is 2. The van der Waals surface area contributed by atoms with Gasteiger partial charge in [0.05, 0.1) is 11.1 Å². The van der Waals surface area contributed by atoms with E-state index < -0.39 is 0 Å². The van der Waals surface area contributed by atoms with Gasteiger partial charge in [-0.15, -0.1) is 0 Å². The first-order chi connectivity index (χ1) is 24.8. The molecule has 2 saturated heterocycles. The van der Waals surface area contributed by atoms with Gasteiger partial charge >= 0.3 is 0 Å². The Kier molecular flexibility index (Phi) is 7.62. The fraction of sp³-hybridized carbons (Fsp3) is 0.385. The van der Waals surface area contributed by atoms with E-state index in [1.54, 1.807) is 14.1 Å². The molecule has 12 heteroatoms. The van der Waals surface area contributed by atoms with Gasteiger partial charge in [-0.2, -0.15) is 0 Å². The van der Waals surface area contributed by atoms with E-state index in [4.69, 9.17) is 0 Å². The molecule has 2 fully saturated rings. The van der Waals surface area contributed by atoms with Crippen LogP contribution in [0.5, 0.6) is 0 Å². The van der Waals surface area contributed by atoms with Gasteiger partial charge in [-0.05, 0) is 37.8 Å². The zero-order valence-electron chi connectivity index (χ0n) is 29.1. The summed E-state index contributed by atoms with van der Waals surface area (Å²) in [5.74, 6) is -0.990. The molecule has 0 radical (unpaired) electrons. The van der Waals surface area contributed by atoms with Crippen molar-refractivity contribution in [1.29, 1.82) is 0 Å². The first-order valence-electron chi connectivity index (χ1n) is 18.1. The molecule has 12 nitrogen and oxygen atoms in total. The highest BCUT2D eigenvalue weighted by atomic mass is 16.2. The number of nitrogens with one attached hydrogen (secondary N) is 2. The number of amides is 4. The Hall–Kier alpha value is -5.20. The maximum Gasteiger partial charge on any atom is 0.277 e. The zero-order chi connectivity index (χ0) is 35.0. The predicted molar refractivity (Wildman–Crippen MR) is 194 cm³/mol. The number of hydrogen-bond acceptors (Lipinski definition) is 8. The van der Waals surface area contributed by atoms with Crippen LogP contribution in [0.15, 0.2) is 59.9 Å². The summed E-state index contributed by atoms with van der Waals surface area (Å²) in [6.07, 6.45) is 4.08. The summed E-state index contributed by atoms with van der Waals surface area (Å²) in [5, 5.41) is 6.58. The van der Waals surface area contributed by atoms with Crippen LogP contribution in [0.1, 0.15) is 41.8 Å². The summed E-state index contributed by atoms with van der Waals surface area (Å²) in [6, 6.07) is 16.1. The fourth-order valence-electron chi connectivity index (χ4n) is 8.82. The molecule has 0 saturated carbocycles. The molecule has 9 heterocycles. The zero-order valence-corrected chi connectivity index (χ0v) is 29.1. The summed E-state index contributed by atoms with van der Waals surface area (Å²) in [6.45, 7) is 5.26. The average Bonchev–Trinajstić information content (AvgIpc) is 3.83. The van der Waals surface area contributed by atoms with Gasteiger partial charge in [0.1, 0.15) is 11.4 Å². The van der Waals surface area contributed by atoms with Crippen molar-refractivity contribution in [1.82, 2.24) is 39.6 Å². The van der Waals surface area contributed by atoms with Crippen molar-refractivity contribution < 1.29 is 19.2 Å². The Labute approximate surface area is 295 Å². The number of carbonyl (C=O) groups excluding carboxylic acids is 4. The molecule has 0 unspecified atom stereocenters. The van der Waals surface area contributed by atoms with Gasteiger partial charge in [0.2, 0.25) is 0 Å². The summed E-state index contributed by atoms with van der Waals surface area (Å²) in [5.41, 5.74) is 7.56. The molecular formula is C39H42N8O4. The Morgan fingerprint density at radius 1 is 0.490 bits per heavy atom. The molecule has 2 aromatic heterocycles. The second-order valence-corrected chi connectivity index (χ2v) is 14.3. The van der Waals surface area contributed by atoms with E-state index in [1.807, 2.05) is 48.5 Å². The first-order valence-corrected chi connectivity index (χ1v) is 18.1. The van der Waals surface area contributed by atoms with E-state index in [-0.39, 0.29) is 23.6 Å². The monoisotopic (exact) mass is 686 g/mol. The molecule has 7 aliphatic heterocycles. The van der Waals surface area contributed by atoms with Crippen molar-refractivity contribution in [2.24, 2.45) is 0 Å². The number of para-hydroxylation sites is 2. The Morgan fingerprint density at radius 2 is 0.882 bits per heavy atom. The molecule has 0 atom stereocenters.